The van der Waals surface area contributed by atoms with Crippen molar-refractivity contribution in [3.63, 3.8) is 0 Å². The van der Waals surface area contributed by atoms with Gasteiger partial charge in [-0.1, -0.05) is 13.8 Å². The van der Waals surface area contributed by atoms with Crippen LogP contribution in [0.3, 0.4) is 0 Å². The summed E-state index contributed by atoms with van der Waals surface area (Å²) in [6.07, 6.45) is 1.91. The average Bonchev–Trinajstić information content (AvgIpc) is 3.48. The Labute approximate surface area is 253 Å². The number of carbonyl (C=O) groups excluding carboxylic acids is 1. The number of urea groups is 1. The minimum absolute atomic E-state index is 0.0488. The molecule has 0 aromatic heterocycles. The van der Waals surface area contributed by atoms with Crippen LogP contribution in [0.1, 0.15) is 76.2 Å². The number of hydrogen-bond acceptors (Lipinski definition) is 10. The Kier molecular flexibility index (Phi) is 12.6. The van der Waals surface area contributed by atoms with Crippen LogP contribution in [0.5, 0.6) is 28.7 Å². The van der Waals surface area contributed by atoms with Gasteiger partial charge in [0.1, 0.15) is 4.90 Å². The molecule has 1 heterocycles. The molecular formula is C30H44N2O10S. The van der Waals surface area contributed by atoms with Gasteiger partial charge in [-0.05, 0) is 68.0 Å². The first-order valence-corrected chi connectivity index (χ1v) is 16.2. The topological polar surface area (TPSA) is 156 Å². The van der Waals surface area contributed by atoms with Crippen LogP contribution in [-0.2, 0) is 14.6 Å². The highest BCUT2D eigenvalue weighted by Crippen LogP contribution is 2.48. The maximum Gasteiger partial charge on any atom is 0.338 e. The van der Waals surface area contributed by atoms with Gasteiger partial charge in [0.15, 0.2) is 32.8 Å². The Morgan fingerprint density at radius 2 is 1.51 bits per heavy atom. The SMILES string of the molecule is CCCOc1c(OCCCN(O)C(N)=O)cc([C@H]2CC[C@H](c3cc(OC)c(OCC)c(OC)c3)O2)cc1S(=O)(=O)CCC. The summed E-state index contributed by atoms with van der Waals surface area (Å²) in [6, 6.07) is 6.12. The number of benzene rings is 2. The molecule has 0 saturated carbocycles. The van der Waals surface area contributed by atoms with Gasteiger partial charge in [0, 0.05) is 6.42 Å². The molecule has 12 nitrogen and oxygen atoms in total. The zero-order chi connectivity index (χ0) is 31.6. The maximum absolute atomic E-state index is 13.4. The van der Waals surface area contributed by atoms with E-state index in [2.05, 4.69) is 0 Å². The molecule has 2 amide bonds. The van der Waals surface area contributed by atoms with Gasteiger partial charge >= 0.3 is 6.03 Å². The number of primary amides is 1. The van der Waals surface area contributed by atoms with Crippen LogP contribution in [0.4, 0.5) is 4.79 Å². The van der Waals surface area contributed by atoms with Crippen LogP contribution in [0.25, 0.3) is 0 Å². The zero-order valence-corrected chi connectivity index (χ0v) is 26.4. The molecule has 0 spiro atoms. The molecule has 2 aromatic carbocycles. The molecular weight excluding hydrogens is 580 g/mol. The van der Waals surface area contributed by atoms with Crippen molar-refractivity contribution in [3.8, 4) is 28.7 Å². The number of rotatable bonds is 17. The number of hydrogen-bond donors (Lipinski definition) is 2. The summed E-state index contributed by atoms with van der Waals surface area (Å²) in [5.74, 6) is 1.91. The monoisotopic (exact) mass is 624 g/mol. The molecule has 1 fully saturated rings. The number of nitrogens with zero attached hydrogens (tertiary/aromatic N) is 1. The summed E-state index contributed by atoms with van der Waals surface area (Å²) >= 11 is 0. The van der Waals surface area contributed by atoms with Crippen molar-refractivity contribution >= 4 is 15.9 Å². The second-order valence-electron chi connectivity index (χ2n) is 10.1. The second kappa shape index (κ2) is 15.9. The number of amides is 2. The van der Waals surface area contributed by atoms with E-state index in [-0.39, 0.29) is 47.8 Å². The molecule has 2 aromatic rings. The molecule has 13 heteroatoms. The lowest BCUT2D eigenvalue weighted by Crippen LogP contribution is -2.33. The normalized spacial score (nSPS) is 16.5. The van der Waals surface area contributed by atoms with E-state index in [1.807, 2.05) is 26.0 Å². The lowest BCUT2D eigenvalue weighted by Gasteiger charge is -2.21. The standard InChI is InChI=1S/C30H44N2O10S/c1-6-13-41-29-26(40-14-9-12-32(34)30(31)33)18-21(19-27(29)43(35,36)15-7-2)23-11-10-22(42-23)20-16-24(37-4)28(39-8-3)25(17-20)38-5/h16-19,22-23,34H,6-15H2,1-5H3,(H2,31,33)/t22-,23-/m1/s1. The van der Waals surface area contributed by atoms with E-state index in [1.54, 1.807) is 33.3 Å². The molecule has 0 aliphatic carbocycles. The third-order valence-electron chi connectivity index (χ3n) is 6.86. The molecule has 43 heavy (non-hydrogen) atoms. The number of nitrogens with two attached hydrogens (primary N) is 1. The summed E-state index contributed by atoms with van der Waals surface area (Å²) < 4.78 is 62.1. The van der Waals surface area contributed by atoms with Crippen molar-refractivity contribution in [2.75, 3.05) is 46.3 Å². The van der Waals surface area contributed by atoms with Crippen molar-refractivity contribution < 1.29 is 46.8 Å². The van der Waals surface area contributed by atoms with Crippen LogP contribution in [-0.4, -0.2) is 71.1 Å². The highest BCUT2D eigenvalue weighted by atomic mass is 32.2. The van der Waals surface area contributed by atoms with Crippen molar-refractivity contribution in [3.05, 3.63) is 35.4 Å². The van der Waals surface area contributed by atoms with Gasteiger partial charge in [0.25, 0.3) is 0 Å². The smallest absolute Gasteiger partial charge is 0.338 e. The van der Waals surface area contributed by atoms with Crippen molar-refractivity contribution in [2.45, 2.75) is 70.0 Å². The van der Waals surface area contributed by atoms with E-state index in [0.717, 1.165) is 5.56 Å². The number of ether oxygens (including phenoxy) is 6. The zero-order valence-electron chi connectivity index (χ0n) is 25.6. The minimum Gasteiger partial charge on any atom is -0.493 e. The summed E-state index contributed by atoms with van der Waals surface area (Å²) in [5, 5.41) is 9.97. The number of carbonyl (C=O) groups is 1. The summed E-state index contributed by atoms with van der Waals surface area (Å²) in [4.78, 5) is 11.2. The van der Waals surface area contributed by atoms with Gasteiger partial charge < -0.3 is 34.2 Å². The first kappa shape index (κ1) is 34.1. The molecule has 1 aliphatic rings. The number of methoxy groups -OCH3 is 2. The second-order valence-corrected chi connectivity index (χ2v) is 12.1. The molecule has 0 unspecified atom stereocenters. The third-order valence-corrected chi connectivity index (χ3v) is 8.78. The molecule has 3 N–H and O–H groups in total. The van der Waals surface area contributed by atoms with Gasteiger partial charge in [-0.2, -0.15) is 0 Å². The maximum atomic E-state index is 13.4. The van der Waals surface area contributed by atoms with E-state index in [4.69, 9.17) is 34.2 Å². The Hall–Kier alpha value is -3.42. The highest BCUT2D eigenvalue weighted by Gasteiger charge is 2.33. The van der Waals surface area contributed by atoms with E-state index >= 15 is 0 Å². The van der Waals surface area contributed by atoms with Crippen molar-refractivity contribution in [1.82, 2.24) is 5.06 Å². The van der Waals surface area contributed by atoms with E-state index in [1.165, 1.54) is 0 Å². The molecule has 1 saturated heterocycles. The lowest BCUT2D eigenvalue weighted by molar-refractivity contribution is -0.0418. The quantitative estimate of drug-likeness (QED) is 0.136. The summed E-state index contributed by atoms with van der Waals surface area (Å²) in [5.41, 5.74) is 6.56. The molecule has 240 valence electrons. The Balaban J connectivity index is 1.97. The molecule has 0 bridgehead atoms. The van der Waals surface area contributed by atoms with E-state index in [0.29, 0.717) is 66.8 Å². The molecule has 1 aliphatic heterocycles. The van der Waals surface area contributed by atoms with Crippen LogP contribution < -0.4 is 29.4 Å². The van der Waals surface area contributed by atoms with Crippen LogP contribution in [0, 0.1) is 0 Å². The van der Waals surface area contributed by atoms with Crippen molar-refractivity contribution in [1.29, 1.82) is 0 Å². The average molecular weight is 625 g/mol. The fraction of sp³-hybridized carbons (Fsp3) is 0.567. The van der Waals surface area contributed by atoms with Crippen LogP contribution in [0.2, 0.25) is 0 Å². The summed E-state index contributed by atoms with van der Waals surface area (Å²) in [6.45, 7) is 6.36. The van der Waals surface area contributed by atoms with Gasteiger partial charge in [0.05, 0.1) is 58.5 Å². The molecule has 2 atom stereocenters. The minimum atomic E-state index is -3.71. The Morgan fingerprint density at radius 3 is 2.05 bits per heavy atom. The number of sulfone groups is 1. The largest absolute Gasteiger partial charge is 0.493 e. The number of hydroxylamine groups is 2. The third kappa shape index (κ3) is 8.58. The molecule has 3 rings (SSSR count). The fourth-order valence-corrected chi connectivity index (χ4v) is 6.37. The van der Waals surface area contributed by atoms with E-state index in [9.17, 15) is 18.4 Å². The van der Waals surface area contributed by atoms with Crippen molar-refractivity contribution in [2.24, 2.45) is 5.73 Å². The Morgan fingerprint density at radius 1 is 0.907 bits per heavy atom. The van der Waals surface area contributed by atoms with Crippen LogP contribution in [0.15, 0.2) is 29.2 Å². The van der Waals surface area contributed by atoms with Gasteiger partial charge in [-0.3, -0.25) is 5.21 Å². The van der Waals surface area contributed by atoms with Gasteiger partial charge in [-0.15, -0.1) is 0 Å². The fourth-order valence-electron chi connectivity index (χ4n) is 4.85. The highest BCUT2D eigenvalue weighted by molar-refractivity contribution is 7.91. The first-order valence-electron chi connectivity index (χ1n) is 14.6. The Bertz CT molecular complexity index is 1310. The van der Waals surface area contributed by atoms with Crippen LogP contribution >= 0.6 is 0 Å². The predicted octanol–water partition coefficient (Wildman–Crippen LogP) is 5.21. The van der Waals surface area contributed by atoms with Gasteiger partial charge in [0.2, 0.25) is 5.75 Å². The summed E-state index contributed by atoms with van der Waals surface area (Å²) in [7, 11) is -0.586. The molecule has 0 radical (unpaired) electrons. The van der Waals surface area contributed by atoms with E-state index < -0.39 is 22.0 Å². The van der Waals surface area contributed by atoms with Gasteiger partial charge in [-0.25, -0.2) is 18.3 Å². The lowest BCUT2D eigenvalue weighted by atomic mass is 10.0. The first-order chi connectivity index (χ1) is 20.6. The predicted molar refractivity (Wildman–Crippen MR) is 159 cm³/mol.